The van der Waals surface area contributed by atoms with Gasteiger partial charge in [-0.1, -0.05) is 38.1 Å². The van der Waals surface area contributed by atoms with Gasteiger partial charge in [0.25, 0.3) is 5.56 Å². The molecule has 1 atom stereocenters. The first-order chi connectivity index (χ1) is 15.9. The molecule has 2 aromatic carbocycles. The molecule has 7 heteroatoms. The van der Waals surface area contributed by atoms with E-state index in [1.54, 1.807) is 13.0 Å². The number of hydrogen-bond acceptors (Lipinski definition) is 6. The first-order valence-corrected chi connectivity index (χ1v) is 11.1. The van der Waals surface area contributed by atoms with Crippen LogP contribution in [0.3, 0.4) is 0 Å². The van der Waals surface area contributed by atoms with Crippen LogP contribution in [0.5, 0.6) is 11.5 Å². The fourth-order valence-electron chi connectivity index (χ4n) is 3.98. The number of ether oxygens (including phenoxy) is 3. The predicted octanol–water partition coefficient (Wildman–Crippen LogP) is 4.21. The highest BCUT2D eigenvalue weighted by molar-refractivity contribution is 5.95. The van der Waals surface area contributed by atoms with E-state index in [1.165, 1.54) is 0 Å². The van der Waals surface area contributed by atoms with E-state index in [1.807, 2.05) is 42.5 Å². The third kappa shape index (κ3) is 4.44. The van der Waals surface area contributed by atoms with Crippen LogP contribution in [-0.2, 0) is 9.53 Å². The molecule has 0 aliphatic carbocycles. The SMILES string of the molecule is CCOC(=O)C1=C(N)Oc2c(c(=O)[nH]c3ccccc23)[C@@H]1c1ccc(OCCC(C)C)cc1. The van der Waals surface area contributed by atoms with Gasteiger partial charge in [-0.3, -0.25) is 4.79 Å². The number of nitrogens with two attached hydrogens (primary N) is 1. The molecule has 172 valence electrons. The fourth-order valence-corrected chi connectivity index (χ4v) is 3.98. The smallest absolute Gasteiger partial charge is 0.340 e. The van der Waals surface area contributed by atoms with Gasteiger partial charge in [0.15, 0.2) is 0 Å². The lowest BCUT2D eigenvalue weighted by Crippen LogP contribution is -2.32. The van der Waals surface area contributed by atoms with Crippen molar-refractivity contribution in [2.75, 3.05) is 13.2 Å². The molecule has 0 fully saturated rings. The van der Waals surface area contributed by atoms with Gasteiger partial charge in [-0.15, -0.1) is 0 Å². The van der Waals surface area contributed by atoms with E-state index in [0.717, 1.165) is 6.42 Å². The number of benzene rings is 2. The van der Waals surface area contributed by atoms with Gasteiger partial charge in [-0.25, -0.2) is 4.79 Å². The van der Waals surface area contributed by atoms with E-state index in [-0.39, 0.29) is 23.6 Å². The molecule has 1 aliphatic heterocycles. The molecule has 0 bridgehead atoms. The zero-order valence-electron chi connectivity index (χ0n) is 19.0. The van der Waals surface area contributed by atoms with Crippen molar-refractivity contribution in [3.8, 4) is 11.5 Å². The average Bonchev–Trinajstić information content (AvgIpc) is 2.78. The molecule has 0 amide bonds. The summed E-state index contributed by atoms with van der Waals surface area (Å²) in [4.78, 5) is 29.0. The molecule has 0 spiro atoms. The maximum atomic E-state index is 13.2. The fraction of sp³-hybridized carbons (Fsp3) is 0.308. The summed E-state index contributed by atoms with van der Waals surface area (Å²) in [6, 6.07) is 14.7. The molecule has 3 N–H and O–H groups in total. The zero-order chi connectivity index (χ0) is 23.5. The number of pyridine rings is 1. The Hall–Kier alpha value is -3.74. The van der Waals surface area contributed by atoms with Gasteiger partial charge in [-0.2, -0.15) is 0 Å². The van der Waals surface area contributed by atoms with Gasteiger partial charge in [0.05, 0.1) is 30.2 Å². The van der Waals surface area contributed by atoms with E-state index in [9.17, 15) is 9.59 Å². The van der Waals surface area contributed by atoms with E-state index < -0.39 is 11.9 Å². The molecule has 33 heavy (non-hydrogen) atoms. The second-order valence-electron chi connectivity index (χ2n) is 8.38. The molecule has 2 heterocycles. The van der Waals surface area contributed by atoms with Gasteiger partial charge in [0.2, 0.25) is 5.88 Å². The number of esters is 1. The lowest BCUT2D eigenvalue weighted by atomic mass is 9.83. The van der Waals surface area contributed by atoms with Gasteiger partial charge in [0, 0.05) is 5.39 Å². The highest BCUT2D eigenvalue weighted by Crippen LogP contribution is 2.43. The second-order valence-corrected chi connectivity index (χ2v) is 8.38. The topological polar surface area (TPSA) is 104 Å². The Morgan fingerprint density at radius 2 is 1.88 bits per heavy atom. The van der Waals surface area contributed by atoms with Crippen molar-refractivity contribution >= 4 is 16.9 Å². The quantitative estimate of drug-likeness (QED) is 0.525. The Labute approximate surface area is 192 Å². The molecule has 1 aromatic heterocycles. The second kappa shape index (κ2) is 9.40. The number of fused-ring (bicyclic) bond motifs is 3. The number of carbonyl (C=O) groups is 1. The summed E-state index contributed by atoms with van der Waals surface area (Å²) in [5, 5.41) is 0.705. The molecule has 0 saturated carbocycles. The monoisotopic (exact) mass is 448 g/mol. The minimum Gasteiger partial charge on any atom is -0.494 e. The highest BCUT2D eigenvalue weighted by Gasteiger charge is 2.38. The predicted molar refractivity (Wildman–Crippen MR) is 126 cm³/mol. The largest absolute Gasteiger partial charge is 0.494 e. The normalized spacial score (nSPS) is 15.3. The Morgan fingerprint density at radius 3 is 2.58 bits per heavy atom. The van der Waals surface area contributed by atoms with Crippen molar-refractivity contribution in [2.24, 2.45) is 11.7 Å². The lowest BCUT2D eigenvalue weighted by molar-refractivity contribution is -0.139. The number of H-pyrrole nitrogens is 1. The molecular formula is C26H28N2O5. The molecule has 0 saturated heterocycles. The Morgan fingerprint density at radius 1 is 1.15 bits per heavy atom. The Bertz CT molecular complexity index is 1260. The maximum absolute atomic E-state index is 13.2. The number of aromatic nitrogens is 1. The third-order valence-electron chi connectivity index (χ3n) is 5.64. The number of rotatable bonds is 7. The summed E-state index contributed by atoms with van der Waals surface area (Å²) in [7, 11) is 0. The summed E-state index contributed by atoms with van der Waals surface area (Å²) in [6.45, 7) is 6.79. The Kier molecular flexibility index (Phi) is 6.40. The van der Waals surface area contributed by atoms with Gasteiger partial charge in [0.1, 0.15) is 17.1 Å². The summed E-state index contributed by atoms with van der Waals surface area (Å²) in [5.41, 5.74) is 7.66. The summed E-state index contributed by atoms with van der Waals surface area (Å²) in [5.74, 6) is 0.181. The van der Waals surface area contributed by atoms with Crippen molar-refractivity contribution in [1.29, 1.82) is 0 Å². The van der Waals surface area contributed by atoms with Gasteiger partial charge < -0.3 is 24.9 Å². The average molecular weight is 449 g/mol. The molecule has 0 unspecified atom stereocenters. The van der Waals surface area contributed by atoms with Gasteiger partial charge in [-0.05, 0) is 49.1 Å². The van der Waals surface area contributed by atoms with Crippen molar-refractivity contribution in [3.63, 3.8) is 0 Å². The third-order valence-corrected chi connectivity index (χ3v) is 5.64. The number of nitrogens with one attached hydrogen (secondary N) is 1. The molecule has 1 aliphatic rings. The minimum absolute atomic E-state index is 0.0704. The van der Waals surface area contributed by atoms with E-state index >= 15 is 0 Å². The summed E-state index contributed by atoms with van der Waals surface area (Å²) < 4.78 is 16.9. The maximum Gasteiger partial charge on any atom is 0.340 e. The van der Waals surface area contributed by atoms with Crippen molar-refractivity contribution in [3.05, 3.63) is 81.5 Å². The van der Waals surface area contributed by atoms with Crippen LogP contribution >= 0.6 is 0 Å². The van der Waals surface area contributed by atoms with Crippen LogP contribution in [-0.4, -0.2) is 24.2 Å². The van der Waals surface area contributed by atoms with Crippen LogP contribution in [0.25, 0.3) is 10.9 Å². The van der Waals surface area contributed by atoms with Gasteiger partial charge >= 0.3 is 5.97 Å². The van der Waals surface area contributed by atoms with Crippen LogP contribution in [0.2, 0.25) is 0 Å². The molecule has 4 rings (SSSR count). The van der Waals surface area contributed by atoms with Crippen LogP contribution in [0.15, 0.2) is 64.8 Å². The van der Waals surface area contributed by atoms with E-state index in [2.05, 4.69) is 18.8 Å². The first kappa shape index (κ1) is 22.5. The lowest BCUT2D eigenvalue weighted by Gasteiger charge is -2.28. The van der Waals surface area contributed by atoms with E-state index in [4.69, 9.17) is 19.9 Å². The van der Waals surface area contributed by atoms with Crippen LogP contribution in [0, 0.1) is 5.92 Å². The molecular weight excluding hydrogens is 420 g/mol. The summed E-state index contributed by atoms with van der Waals surface area (Å²) >= 11 is 0. The zero-order valence-corrected chi connectivity index (χ0v) is 19.0. The van der Waals surface area contributed by atoms with Crippen molar-refractivity contribution in [1.82, 2.24) is 4.98 Å². The summed E-state index contributed by atoms with van der Waals surface area (Å²) in [6.07, 6.45) is 0.948. The highest BCUT2D eigenvalue weighted by atomic mass is 16.5. The number of carbonyl (C=O) groups excluding carboxylic acids is 1. The molecule has 7 nitrogen and oxygen atoms in total. The molecule has 0 radical (unpaired) electrons. The van der Waals surface area contributed by atoms with Crippen LogP contribution in [0.4, 0.5) is 0 Å². The standard InChI is InChI=1S/C26H28N2O5/c1-4-31-26(30)22-20(16-9-11-17(12-10-16)32-14-13-15(2)3)21-23(33-24(22)27)18-7-5-6-8-19(18)28-25(21)29/h5-12,15,20H,4,13-14,27H2,1-3H3,(H,28,29)/t20-/m0/s1. The number of aromatic amines is 1. The van der Waals surface area contributed by atoms with E-state index in [0.29, 0.717) is 46.1 Å². The van der Waals surface area contributed by atoms with Crippen LogP contribution in [0.1, 0.15) is 44.2 Å². The minimum atomic E-state index is -0.745. The Balaban J connectivity index is 1.82. The van der Waals surface area contributed by atoms with Crippen LogP contribution < -0.4 is 20.8 Å². The van der Waals surface area contributed by atoms with Crippen molar-refractivity contribution < 1.29 is 19.0 Å². The number of para-hydroxylation sites is 1. The molecule has 3 aromatic rings. The van der Waals surface area contributed by atoms with Crippen molar-refractivity contribution in [2.45, 2.75) is 33.1 Å². The first-order valence-electron chi connectivity index (χ1n) is 11.1. The number of hydrogen-bond donors (Lipinski definition) is 2.